The highest BCUT2D eigenvalue weighted by Crippen LogP contribution is 2.29. The number of amides is 1. The van der Waals surface area contributed by atoms with Crippen molar-refractivity contribution in [1.82, 2.24) is 5.32 Å². The largest absolute Gasteiger partial charge is 0.497 e. The van der Waals surface area contributed by atoms with E-state index in [1.54, 1.807) is 49.6 Å². The van der Waals surface area contributed by atoms with E-state index in [1.807, 2.05) is 6.92 Å². The van der Waals surface area contributed by atoms with E-state index >= 15 is 0 Å². The van der Waals surface area contributed by atoms with Crippen molar-refractivity contribution in [1.29, 1.82) is 0 Å². The van der Waals surface area contributed by atoms with Crippen LogP contribution in [0.2, 0.25) is 0 Å². The minimum absolute atomic E-state index is 0.153. The SMILES string of the molecule is CCNC(=O)c1ccc(Oc2ccc(OC)cc2)c(N)c1. The molecule has 3 N–H and O–H groups in total. The first-order valence-electron chi connectivity index (χ1n) is 6.63. The van der Waals surface area contributed by atoms with Crippen LogP contribution >= 0.6 is 0 Å². The van der Waals surface area contributed by atoms with E-state index in [2.05, 4.69) is 5.32 Å². The van der Waals surface area contributed by atoms with Crippen molar-refractivity contribution in [2.75, 3.05) is 19.4 Å². The van der Waals surface area contributed by atoms with Gasteiger partial charge in [0.1, 0.15) is 17.2 Å². The van der Waals surface area contributed by atoms with Gasteiger partial charge in [0.15, 0.2) is 0 Å². The summed E-state index contributed by atoms with van der Waals surface area (Å²) >= 11 is 0. The zero-order valence-corrected chi connectivity index (χ0v) is 12.1. The van der Waals surface area contributed by atoms with Crippen LogP contribution in [0.5, 0.6) is 17.2 Å². The van der Waals surface area contributed by atoms with Crippen LogP contribution in [0.3, 0.4) is 0 Å². The van der Waals surface area contributed by atoms with Crippen LogP contribution in [0, 0.1) is 0 Å². The third kappa shape index (κ3) is 3.66. The molecule has 0 aliphatic carbocycles. The number of carbonyl (C=O) groups excluding carboxylic acids is 1. The smallest absolute Gasteiger partial charge is 0.251 e. The van der Waals surface area contributed by atoms with Gasteiger partial charge >= 0.3 is 0 Å². The monoisotopic (exact) mass is 286 g/mol. The molecule has 0 heterocycles. The fourth-order valence-electron chi connectivity index (χ4n) is 1.82. The van der Waals surface area contributed by atoms with Crippen molar-refractivity contribution in [3.8, 4) is 17.2 Å². The third-order valence-electron chi connectivity index (χ3n) is 2.90. The Labute approximate surface area is 123 Å². The number of anilines is 1. The maximum absolute atomic E-state index is 11.7. The lowest BCUT2D eigenvalue weighted by atomic mass is 10.1. The van der Waals surface area contributed by atoms with Gasteiger partial charge in [0.05, 0.1) is 12.8 Å². The van der Waals surface area contributed by atoms with Gasteiger partial charge in [-0.1, -0.05) is 0 Å². The summed E-state index contributed by atoms with van der Waals surface area (Å²) in [6.07, 6.45) is 0. The first-order valence-corrected chi connectivity index (χ1v) is 6.63. The Morgan fingerprint density at radius 3 is 2.38 bits per heavy atom. The maximum Gasteiger partial charge on any atom is 0.251 e. The number of benzene rings is 2. The first-order chi connectivity index (χ1) is 10.1. The number of carbonyl (C=O) groups is 1. The second-order valence-corrected chi connectivity index (χ2v) is 4.39. The number of nitrogen functional groups attached to an aromatic ring is 1. The topological polar surface area (TPSA) is 73.6 Å². The van der Waals surface area contributed by atoms with Gasteiger partial charge in [0.2, 0.25) is 0 Å². The van der Waals surface area contributed by atoms with E-state index in [0.717, 1.165) is 5.75 Å². The number of ether oxygens (including phenoxy) is 2. The molecule has 2 aromatic rings. The van der Waals surface area contributed by atoms with E-state index in [4.69, 9.17) is 15.2 Å². The number of methoxy groups -OCH3 is 1. The van der Waals surface area contributed by atoms with Crippen molar-refractivity contribution in [2.45, 2.75) is 6.92 Å². The lowest BCUT2D eigenvalue weighted by Gasteiger charge is -2.10. The van der Waals surface area contributed by atoms with Gasteiger partial charge in [-0.05, 0) is 49.4 Å². The minimum atomic E-state index is -0.153. The highest BCUT2D eigenvalue weighted by Gasteiger charge is 2.08. The molecular formula is C16H18N2O3. The quantitative estimate of drug-likeness (QED) is 0.829. The molecule has 0 aliphatic rings. The second-order valence-electron chi connectivity index (χ2n) is 4.39. The van der Waals surface area contributed by atoms with Gasteiger partial charge in [-0.25, -0.2) is 0 Å². The molecule has 2 rings (SSSR count). The van der Waals surface area contributed by atoms with Gasteiger partial charge in [0.25, 0.3) is 5.91 Å². The van der Waals surface area contributed by atoms with Crippen LogP contribution in [0.15, 0.2) is 42.5 Å². The molecule has 0 radical (unpaired) electrons. The van der Waals surface area contributed by atoms with Gasteiger partial charge < -0.3 is 20.5 Å². The third-order valence-corrected chi connectivity index (χ3v) is 2.90. The highest BCUT2D eigenvalue weighted by atomic mass is 16.5. The van der Waals surface area contributed by atoms with Gasteiger partial charge in [0, 0.05) is 12.1 Å². The summed E-state index contributed by atoms with van der Waals surface area (Å²) < 4.78 is 10.8. The number of rotatable bonds is 5. The Balaban J connectivity index is 2.15. The number of nitrogens with one attached hydrogen (secondary N) is 1. The Hall–Kier alpha value is -2.69. The molecule has 0 aromatic heterocycles. The molecule has 21 heavy (non-hydrogen) atoms. The molecule has 0 unspecified atom stereocenters. The molecule has 0 saturated carbocycles. The van der Waals surface area contributed by atoms with Gasteiger partial charge in [-0.15, -0.1) is 0 Å². The van der Waals surface area contributed by atoms with Gasteiger partial charge in [-0.2, -0.15) is 0 Å². The summed E-state index contributed by atoms with van der Waals surface area (Å²) in [7, 11) is 1.61. The zero-order chi connectivity index (χ0) is 15.2. The molecule has 2 aromatic carbocycles. The van der Waals surface area contributed by atoms with Crippen molar-refractivity contribution in [2.24, 2.45) is 0 Å². The van der Waals surface area contributed by atoms with E-state index in [1.165, 1.54) is 0 Å². The van der Waals surface area contributed by atoms with E-state index in [9.17, 15) is 4.79 Å². The lowest BCUT2D eigenvalue weighted by molar-refractivity contribution is 0.0956. The van der Waals surface area contributed by atoms with Crippen LogP contribution in [0.25, 0.3) is 0 Å². The van der Waals surface area contributed by atoms with E-state index in [-0.39, 0.29) is 5.91 Å². The lowest BCUT2D eigenvalue weighted by Crippen LogP contribution is -2.22. The van der Waals surface area contributed by atoms with Crippen LogP contribution in [0.1, 0.15) is 17.3 Å². The predicted molar refractivity (Wildman–Crippen MR) is 81.9 cm³/mol. The first kappa shape index (κ1) is 14.7. The van der Waals surface area contributed by atoms with Crippen molar-refractivity contribution >= 4 is 11.6 Å². The second kappa shape index (κ2) is 6.65. The average Bonchev–Trinajstić information content (AvgIpc) is 2.50. The minimum Gasteiger partial charge on any atom is -0.497 e. The highest BCUT2D eigenvalue weighted by molar-refractivity contribution is 5.95. The molecule has 110 valence electrons. The Kier molecular flexibility index (Phi) is 4.66. The van der Waals surface area contributed by atoms with E-state index in [0.29, 0.717) is 29.3 Å². The molecule has 0 bridgehead atoms. The molecule has 5 heteroatoms. The van der Waals surface area contributed by atoms with Crippen LogP contribution in [0.4, 0.5) is 5.69 Å². The van der Waals surface area contributed by atoms with Crippen LogP contribution < -0.4 is 20.5 Å². The Bertz CT molecular complexity index is 624. The summed E-state index contributed by atoms with van der Waals surface area (Å²) in [5.74, 6) is 1.75. The maximum atomic E-state index is 11.7. The molecule has 0 spiro atoms. The molecular weight excluding hydrogens is 268 g/mol. The molecule has 0 fully saturated rings. The van der Waals surface area contributed by atoms with Crippen LogP contribution in [-0.4, -0.2) is 19.6 Å². The Morgan fingerprint density at radius 2 is 1.81 bits per heavy atom. The standard InChI is InChI=1S/C16H18N2O3/c1-3-18-16(19)11-4-9-15(14(17)10-11)21-13-7-5-12(20-2)6-8-13/h4-10H,3,17H2,1-2H3,(H,18,19). The average molecular weight is 286 g/mol. The fourth-order valence-corrected chi connectivity index (χ4v) is 1.82. The zero-order valence-electron chi connectivity index (χ0n) is 12.1. The summed E-state index contributed by atoms with van der Waals surface area (Å²) in [5.41, 5.74) is 6.85. The summed E-state index contributed by atoms with van der Waals surface area (Å²) in [6.45, 7) is 2.44. The van der Waals surface area contributed by atoms with Crippen molar-refractivity contribution in [3.63, 3.8) is 0 Å². The fraction of sp³-hybridized carbons (Fsp3) is 0.188. The molecule has 0 saturated heterocycles. The number of hydrogen-bond acceptors (Lipinski definition) is 4. The summed E-state index contributed by atoms with van der Waals surface area (Å²) in [4.78, 5) is 11.7. The molecule has 0 atom stereocenters. The summed E-state index contributed by atoms with van der Waals surface area (Å²) in [6, 6.07) is 12.1. The van der Waals surface area contributed by atoms with Crippen molar-refractivity contribution < 1.29 is 14.3 Å². The van der Waals surface area contributed by atoms with Crippen molar-refractivity contribution in [3.05, 3.63) is 48.0 Å². The van der Waals surface area contributed by atoms with E-state index < -0.39 is 0 Å². The van der Waals surface area contributed by atoms with Crippen LogP contribution in [-0.2, 0) is 0 Å². The summed E-state index contributed by atoms with van der Waals surface area (Å²) in [5, 5.41) is 2.72. The Morgan fingerprint density at radius 1 is 1.14 bits per heavy atom. The molecule has 0 aliphatic heterocycles. The number of nitrogens with two attached hydrogens (primary N) is 1. The normalized spacial score (nSPS) is 10.0. The van der Waals surface area contributed by atoms with Gasteiger partial charge in [-0.3, -0.25) is 4.79 Å². The molecule has 5 nitrogen and oxygen atoms in total. The molecule has 1 amide bonds. The number of hydrogen-bond donors (Lipinski definition) is 2. The predicted octanol–water partition coefficient (Wildman–Crippen LogP) is 2.82.